The van der Waals surface area contributed by atoms with Crippen molar-refractivity contribution in [2.45, 2.75) is 13.0 Å². The number of carboxylic acids is 1. The molecule has 0 saturated carbocycles. The van der Waals surface area contributed by atoms with Crippen LogP contribution in [0.25, 0.3) is 0 Å². The number of nitrogens with one attached hydrogen (secondary N) is 1. The zero-order valence-corrected chi connectivity index (χ0v) is 12.0. The molecule has 2 rings (SSSR count). The summed E-state index contributed by atoms with van der Waals surface area (Å²) in [6, 6.07) is 6.91. The van der Waals surface area contributed by atoms with Gasteiger partial charge in [0.15, 0.2) is 0 Å². The number of carboxylic acid groups (broad SMARTS) is 1. The van der Waals surface area contributed by atoms with E-state index in [1.807, 2.05) is 6.07 Å². The van der Waals surface area contributed by atoms with Crippen LogP contribution in [-0.4, -0.2) is 17.6 Å². The fourth-order valence-electron chi connectivity index (χ4n) is 1.74. The van der Waals surface area contributed by atoms with Gasteiger partial charge in [0.25, 0.3) is 0 Å². The van der Waals surface area contributed by atoms with E-state index in [1.165, 1.54) is 12.3 Å². The van der Waals surface area contributed by atoms with Gasteiger partial charge in [-0.15, -0.1) is 0 Å². The first-order chi connectivity index (χ1) is 9.56. The molecule has 0 saturated heterocycles. The van der Waals surface area contributed by atoms with Crippen molar-refractivity contribution < 1.29 is 14.3 Å². The molecule has 106 valence electrons. The molecule has 0 fully saturated rings. The van der Waals surface area contributed by atoms with Crippen molar-refractivity contribution in [2.75, 3.05) is 6.54 Å². The smallest absolute Gasteiger partial charge is 0.338 e. The Hall–Kier alpha value is -1.49. The molecule has 0 radical (unpaired) electrons. The van der Waals surface area contributed by atoms with Crippen LogP contribution in [0.5, 0.6) is 0 Å². The van der Waals surface area contributed by atoms with Crippen molar-refractivity contribution in [1.29, 1.82) is 0 Å². The van der Waals surface area contributed by atoms with Gasteiger partial charge in [-0.25, -0.2) is 4.79 Å². The van der Waals surface area contributed by atoms with Crippen LogP contribution in [-0.2, 0) is 13.0 Å². The standard InChI is InChI=1S/C14H13Cl2NO3/c15-11-2-1-9(13(16)6-11)3-4-17-7-12-5-10(8-20-12)14(18)19/h1-2,5-6,8,17H,3-4,7H2,(H,18,19). The van der Waals surface area contributed by atoms with Crippen LogP contribution in [0.2, 0.25) is 10.0 Å². The van der Waals surface area contributed by atoms with Crippen LogP contribution in [0.15, 0.2) is 34.9 Å². The Labute approximate surface area is 126 Å². The number of rotatable bonds is 6. The van der Waals surface area contributed by atoms with E-state index in [1.54, 1.807) is 12.1 Å². The maximum absolute atomic E-state index is 10.7. The van der Waals surface area contributed by atoms with E-state index < -0.39 is 5.97 Å². The number of hydrogen-bond acceptors (Lipinski definition) is 3. The van der Waals surface area contributed by atoms with Gasteiger partial charge in [-0.3, -0.25) is 0 Å². The molecule has 0 spiro atoms. The molecule has 0 atom stereocenters. The molecule has 0 aliphatic heterocycles. The third-order valence-corrected chi connectivity index (χ3v) is 3.37. The highest BCUT2D eigenvalue weighted by molar-refractivity contribution is 6.35. The molecule has 0 aliphatic carbocycles. The third-order valence-electron chi connectivity index (χ3n) is 2.79. The van der Waals surface area contributed by atoms with Crippen LogP contribution in [0.4, 0.5) is 0 Å². The van der Waals surface area contributed by atoms with Crippen molar-refractivity contribution in [3.8, 4) is 0 Å². The predicted octanol–water partition coefficient (Wildman–Crippen LogP) is 3.62. The number of furan rings is 1. The second-order valence-electron chi connectivity index (χ2n) is 4.27. The van der Waals surface area contributed by atoms with Gasteiger partial charge in [0.2, 0.25) is 0 Å². The molecule has 1 heterocycles. The van der Waals surface area contributed by atoms with Gasteiger partial charge in [-0.2, -0.15) is 0 Å². The van der Waals surface area contributed by atoms with Gasteiger partial charge in [-0.05, 0) is 36.7 Å². The van der Waals surface area contributed by atoms with Gasteiger partial charge in [0.1, 0.15) is 12.0 Å². The first-order valence-electron chi connectivity index (χ1n) is 6.01. The first kappa shape index (κ1) is 14.9. The molecule has 0 amide bonds. The number of halogens is 2. The van der Waals surface area contributed by atoms with E-state index in [9.17, 15) is 4.79 Å². The lowest BCUT2D eigenvalue weighted by molar-refractivity contribution is 0.0696. The lowest BCUT2D eigenvalue weighted by atomic mass is 10.1. The number of carbonyl (C=O) groups is 1. The lowest BCUT2D eigenvalue weighted by Crippen LogP contribution is -2.16. The summed E-state index contributed by atoms with van der Waals surface area (Å²) >= 11 is 11.9. The van der Waals surface area contributed by atoms with Crippen LogP contribution >= 0.6 is 23.2 Å². The number of benzene rings is 1. The predicted molar refractivity (Wildman–Crippen MR) is 77.5 cm³/mol. The van der Waals surface area contributed by atoms with Crippen molar-refractivity contribution in [3.63, 3.8) is 0 Å². The normalized spacial score (nSPS) is 10.7. The Kier molecular flexibility index (Phi) is 5.06. The van der Waals surface area contributed by atoms with E-state index in [-0.39, 0.29) is 5.56 Å². The summed E-state index contributed by atoms with van der Waals surface area (Å²) in [5.41, 5.74) is 1.16. The zero-order chi connectivity index (χ0) is 14.5. The molecule has 2 aromatic rings. The van der Waals surface area contributed by atoms with Crippen LogP contribution < -0.4 is 5.32 Å². The molecule has 20 heavy (non-hydrogen) atoms. The number of hydrogen-bond donors (Lipinski definition) is 2. The summed E-state index contributed by atoms with van der Waals surface area (Å²) in [6.07, 6.45) is 1.98. The molecular formula is C14H13Cl2NO3. The summed E-state index contributed by atoms with van der Waals surface area (Å²) in [5, 5.41) is 13.2. The van der Waals surface area contributed by atoms with Crippen LogP contribution in [0.3, 0.4) is 0 Å². The minimum absolute atomic E-state index is 0.155. The summed E-state index contributed by atoms with van der Waals surface area (Å²) in [6.45, 7) is 1.17. The average molecular weight is 314 g/mol. The molecule has 4 nitrogen and oxygen atoms in total. The highest BCUT2D eigenvalue weighted by Crippen LogP contribution is 2.21. The fourth-order valence-corrected chi connectivity index (χ4v) is 2.25. The minimum Gasteiger partial charge on any atom is -0.478 e. The van der Waals surface area contributed by atoms with Crippen molar-refractivity contribution in [2.24, 2.45) is 0 Å². The minimum atomic E-state index is -0.993. The highest BCUT2D eigenvalue weighted by atomic mass is 35.5. The quantitative estimate of drug-likeness (QED) is 0.800. The molecule has 0 unspecified atom stereocenters. The van der Waals surface area contributed by atoms with E-state index >= 15 is 0 Å². The maximum Gasteiger partial charge on any atom is 0.338 e. The fraction of sp³-hybridized carbons (Fsp3) is 0.214. The van der Waals surface area contributed by atoms with Crippen LogP contribution in [0.1, 0.15) is 21.7 Å². The van der Waals surface area contributed by atoms with E-state index in [0.717, 1.165) is 12.0 Å². The maximum atomic E-state index is 10.7. The van der Waals surface area contributed by atoms with E-state index in [4.69, 9.17) is 32.7 Å². The molecule has 6 heteroatoms. The lowest BCUT2D eigenvalue weighted by Gasteiger charge is -2.05. The largest absolute Gasteiger partial charge is 0.478 e. The van der Waals surface area contributed by atoms with Crippen molar-refractivity contribution in [1.82, 2.24) is 5.32 Å². The molecule has 1 aromatic carbocycles. The van der Waals surface area contributed by atoms with E-state index in [0.29, 0.717) is 28.9 Å². The Bertz CT molecular complexity index is 610. The van der Waals surface area contributed by atoms with Gasteiger partial charge in [0, 0.05) is 10.0 Å². The first-order valence-corrected chi connectivity index (χ1v) is 6.77. The molecule has 1 aromatic heterocycles. The second-order valence-corrected chi connectivity index (χ2v) is 5.11. The van der Waals surface area contributed by atoms with Gasteiger partial charge in [0.05, 0.1) is 12.1 Å². The van der Waals surface area contributed by atoms with Crippen molar-refractivity contribution >= 4 is 29.2 Å². The SMILES string of the molecule is O=C(O)c1coc(CNCCc2ccc(Cl)cc2Cl)c1. The van der Waals surface area contributed by atoms with Gasteiger partial charge in [-0.1, -0.05) is 29.3 Å². The summed E-state index contributed by atoms with van der Waals surface area (Å²) in [5.74, 6) is -0.405. The average Bonchev–Trinajstić information content (AvgIpc) is 2.85. The number of aromatic carboxylic acids is 1. The summed E-state index contributed by atoms with van der Waals surface area (Å²) in [4.78, 5) is 10.7. The second kappa shape index (κ2) is 6.79. The van der Waals surface area contributed by atoms with Crippen LogP contribution in [0, 0.1) is 0 Å². The zero-order valence-electron chi connectivity index (χ0n) is 10.5. The third kappa shape index (κ3) is 4.00. The molecule has 2 N–H and O–H groups in total. The summed E-state index contributed by atoms with van der Waals surface area (Å²) in [7, 11) is 0. The Balaban J connectivity index is 1.79. The monoisotopic (exact) mass is 313 g/mol. The molecule has 0 bridgehead atoms. The highest BCUT2D eigenvalue weighted by Gasteiger charge is 2.07. The Morgan fingerprint density at radius 2 is 2.10 bits per heavy atom. The summed E-state index contributed by atoms with van der Waals surface area (Å²) < 4.78 is 5.13. The van der Waals surface area contributed by atoms with Gasteiger partial charge >= 0.3 is 5.97 Å². The van der Waals surface area contributed by atoms with Gasteiger partial charge < -0.3 is 14.8 Å². The molecule has 0 aliphatic rings. The topological polar surface area (TPSA) is 62.5 Å². The molecular weight excluding hydrogens is 301 g/mol. The Morgan fingerprint density at radius 1 is 1.30 bits per heavy atom. The van der Waals surface area contributed by atoms with E-state index in [2.05, 4.69) is 5.32 Å². The van der Waals surface area contributed by atoms with Crippen molar-refractivity contribution in [3.05, 3.63) is 57.5 Å². The Morgan fingerprint density at radius 3 is 2.75 bits per heavy atom.